The Morgan fingerprint density at radius 1 is 1.33 bits per heavy atom. The molecule has 0 aromatic heterocycles. The third-order valence-electron chi connectivity index (χ3n) is 3.10. The molecule has 1 rings (SSSR count). The highest BCUT2D eigenvalue weighted by molar-refractivity contribution is 7.60. The molecule has 1 aliphatic carbocycles. The molecular formula is C14H21P. The lowest BCUT2D eigenvalue weighted by Crippen LogP contribution is -2.30. The van der Waals surface area contributed by atoms with Crippen LogP contribution in [-0.2, 0) is 0 Å². The third kappa shape index (κ3) is 2.73. The first-order valence-electron chi connectivity index (χ1n) is 5.45. The van der Waals surface area contributed by atoms with Gasteiger partial charge in [-0.25, -0.2) is 0 Å². The molecule has 0 spiro atoms. The van der Waals surface area contributed by atoms with E-state index in [-0.39, 0.29) is 13.1 Å². The van der Waals surface area contributed by atoms with E-state index in [9.17, 15) is 0 Å². The van der Waals surface area contributed by atoms with Crippen molar-refractivity contribution in [3.8, 4) is 12.3 Å². The Morgan fingerprint density at radius 2 is 1.87 bits per heavy atom. The molecule has 0 N–H and O–H groups in total. The van der Waals surface area contributed by atoms with Crippen molar-refractivity contribution in [2.75, 3.05) is 6.66 Å². The molecule has 82 valence electrons. The van der Waals surface area contributed by atoms with Crippen LogP contribution >= 0.6 is 7.92 Å². The molecule has 0 saturated carbocycles. The molecule has 15 heavy (non-hydrogen) atoms. The first-order chi connectivity index (χ1) is 6.92. The topological polar surface area (TPSA) is 0 Å². The zero-order chi connectivity index (χ0) is 11.5. The molecule has 0 heterocycles. The van der Waals surface area contributed by atoms with E-state index in [0.717, 1.165) is 12.8 Å². The van der Waals surface area contributed by atoms with Gasteiger partial charge in [-0.2, -0.15) is 0 Å². The monoisotopic (exact) mass is 220 g/mol. The van der Waals surface area contributed by atoms with Crippen LogP contribution in [0.4, 0.5) is 0 Å². The van der Waals surface area contributed by atoms with Gasteiger partial charge in [0.05, 0.1) is 0 Å². The van der Waals surface area contributed by atoms with Crippen molar-refractivity contribution < 1.29 is 0 Å². The van der Waals surface area contributed by atoms with Crippen molar-refractivity contribution in [2.45, 2.75) is 43.9 Å². The van der Waals surface area contributed by atoms with E-state index in [0.29, 0.717) is 5.16 Å². The van der Waals surface area contributed by atoms with Crippen molar-refractivity contribution in [1.29, 1.82) is 0 Å². The predicted octanol–water partition coefficient (Wildman–Crippen LogP) is 4.17. The first-order valence-corrected chi connectivity index (χ1v) is 7.24. The highest BCUT2D eigenvalue weighted by Crippen LogP contribution is 2.60. The number of allylic oxidation sites excluding steroid dienone is 4. The molecule has 1 atom stereocenters. The van der Waals surface area contributed by atoms with Crippen molar-refractivity contribution in [3.05, 3.63) is 24.3 Å². The van der Waals surface area contributed by atoms with Gasteiger partial charge >= 0.3 is 0 Å². The summed E-state index contributed by atoms with van der Waals surface area (Å²) in [5.74, 6) is 2.84. The van der Waals surface area contributed by atoms with Crippen LogP contribution < -0.4 is 0 Å². The number of hydrogen-bond donors (Lipinski definition) is 0. The Labute approximate surface area is 95.6 Å². The van der Waals surface area contributed by atoms with Gasteiger partial charge in [0, 0.05) is 11.6 Å². The fourth-order valence-electron chi connectivity index (χ4n) is 1.93. The van der Waals surface area contributed by atoms with E-state index in [1.54, 1.807) is 0 Å². The van der Waals surface area contributed by atoms with Crippen LogP contribution in [0.2, 0.25) is 0 Å². The summed E-state index contributed by atoms with van der Waals surface area (Å²) in [6, 6.07) is 0. The zero-order valence-corrected chi connectivity index (χ0v) is 11.1. The van der Waals surface area contributed by atoms with Crippen molar-refractivity contribution in [3.63, 3.8) is 0 Å². The molecule has 0 aromatic rings. The Bertz CT molecular complexity index is 297. The second-order valence-electron chi connectivity index (χ2n) is 5.14. The maximum absolute atomic E-state index is 5.52. The van der Waals surface area contributed by atoms with Crippen LogP contribution in [0.1, 0.15) is 33.6 Å². The summed E-state index contributed by atoms with van der Waals surface area (Å²) in [4.78, 5) is 0. The standard InChI is InChI=1S/C14H21P/c1-6-10-14(11-8-7-9-12-14)15(5)13(2,3)4/h1,8-9,11-12H,7,10H2,2-5H3. The lowest BCUT2D eigenvalue weighted by Gasteiger charge is -2.42. The minimum Gasteiger partial charge on any atom is -0.120 e. The zero-order valence-electron chi connectivity index (χ0n) is 10.2. The highest BCUT2D eigenvalue weighted by Gasteiger charge is 2.37. The van der Waals surface area contributed by atoms with E-state index in [1.165, 1.54) is 0 Å². The number of terminal acetylenes is 1. The van der Waals surface area contributed by atoms with E-state index < -0.39 is 0 Å². The maximum Gasteiger partial charge on any atom is 0.0373 e. The summed E-state index contributed by atoms with van der Waals surface area (Å²) in [5.41, 5.74) is 0. The lowest BCUT2D eigenvalue weighted by atomic mass is 9.99. The van der Waals surface area contributed by atoms with Gasteiger partial charge in [-0.3, -0.25) is 0 Å². The molecule has 0 aromatic carbocycles. The molecule has 0 bridgehead atoms. The van der Waals surface area contributed by atoms with E-state index in [4.69, 9.17) is 6.42 Å². The Balaban J connectivity index is 3.02. The summed E-state index contributed by atoms with van der Waals surface area (Å²) in [6.45, 7) is 9.31. The van der Waals surface area contributed by atoms with Gasteiger partial charge in [0.1, 0.15) is 0 Å². The molecule has 0 amide bonds. The van der Waals surface area contributed by atoms with Gasteiger partial charge in [0.15, 0.2) is 0 Å². The van der Waals surface area contributed by atoms with Crippen LogP contribution in [0.5, 0.6) is 0 Å². The van der Waals surface area contributed by atoms with Gasteiger partial charge in [-0.05, 0) is 18.2 Å². The Hall–Kier alpha value is -0.530. The molecule has 1 aliphatic rings. The van der Waals surface area contributed by atoms with E-state index in [1.807, 2.05) is 0 Å². The van der Waals surface area contributed by atoms with Gasteiger partial charge in [0.25, 0.3) is 0 Å². The van der Waals surface area contributed by atoms with Gasteiger partial charge in [0.2, 0.25) is 0 Å². The molecule has 0 nitrogen and oxygen atoms in total. The van der Waals surface area contributed by atoms with Crippen molar-refractivity contribution in [2.24, 2.45) is 0 Å². The number of rotatable bonds is 2. The van der Waals surface area contributed by atoms with Crippen molar-refractivity contribution in [1.82, 2.24) is 0 Å². The molecule has 1 unspecified atom stereocenters. The SMILES string of the molecule is C#CCC1(P(C)C(C)(C)C)C=CCC=C1. The van der Waals surface area contributed by atoms with E-state index in [2.05, 4.69) is 57.7 Å². The van der Waals surface area contributed by atoms with Crippen LogP contribution in [0.15, 0.2) is 24.3 Å². The Morgan fingerprint density at radius 3 is 2.27 bits per heavy atom. The number of hydrogen-bond acceptors (Lipinski definition) is 0. The molecule has 0 saturated heterocycles. The second kappa shape index (κ2) is 4.54. The summed E-state index contributed by atoms with van der Waals surface area (Å²) >= 11 is 0. The highest BCUT2D eigenvalue weighted by atomic mass is 31.1. The second-order valence-corrected chi connectivity index (χ2v) is 8.43. The predicted molar refractivity (Wildman–Crippen MR) is 71.7 cm³/mol. The van der Waals surface area contributed by atoms with Gasteiger partial charge in [-0.1, -0.05) is 53.0 Å². The summed E-state index contributed by atoms with van der Waals surface area (Å²) in [5, 5.41) is 0.485. The fourth-order valence-corrected chi connectivity index (χ4v) is 4.16. The van der Waals surface area contributed by atoms with Crippen LogP contribution in [-0.4, -0.2) is 17.0 Å². The lowest BCUT2D eigenvalue weighted by molar-refractivity contribution is 0.746. The van der Waals surface area contributed by atoms with Crippen LogP contribution in [0.3, 0.4) is 0 Å². The quantitative estimate of drug-likeness (QED) is 0.372. The first kappa shape index (κ1) is 12.5. The fraction of sp³-hybridized carbons (Fsp3) is 0.571. The van der Waals surface area contributed by atoms with Crippen LogP contribution in [0.25, 0.3) is 0 Å². The Kier molecular flexibility index (Phi) is 3.80. The molecule has 0 radical (unpaired) electrons. The average molecular weight is 220 g/mol. The summed E-state index contributed by atoms with van der Waals surface area (Å²) in [6.07, 6.45) is 16.6. The molecule has 1 heteroatoms. The van der Waals surface area contributed by atoms with Crippen molar-refractivity contribution >= 4 is 7.92 Å². The normalized spacial score (nSPS) is 21.0. The molecule has 0 aliphatic heterocycles. The molecular weight excluding hydrogens is 199 g/mol. The minimum absolute atomic E-state index is 0.139. The summed E-state index contributed by atoms with van der Waals surface area (Å²) in [7, 11) is -0.146. The minimum atomic E-state index is -0.146. The molecule has 0 fully saturated rings. The third-order valence-corrected chi connectivity index (χ3v) is 6.82. The maximum atomic E-state index is 5.52. The largest absolute Gasteiger partial charge is 0.120 e. The van der Waals surface area contributed by atoms with Gasteiger partial charge in [-0.15, -0.1) is 12.3 Å². The average Bonchev–Trinajstić information content (AvgIpc) is 2.17. The summed E-state index contributed by atoms with van der Waals surface area (Å²) < 4.78 is 0. The smallest absolute Gasteiger partial charge is 0.0373 e. The van der Waals surface area contributed by atoms with Crippen LogP contribution in [0, 0.1) is 12.3 Å². The van der Waals surface area contributed by atoms with E-state index >= 15 is 0 Å². The van der Waals surface area contributed by atoms with Gasteiger partial charge < -0.3 is 0 Å².